The second-order valence-electron chi connectivity index (χ2n) is 7.88. The minimum absolute atomic E-state index is 0.115. The van der Waals surface area contributed by atoms with Gasteiger partial charge in [0, 0.05) is 5.33 Å². The number of ether oxygens (including phenoxy) is 4. The summed E-state index contributed by atoms with van der Waals surface area (Å²) in [7, 11) is 0. The molecule has 168 valence electrons. The van der Waals surface area contributed by atoms with Gasteiger partial charge in [-0.25, -0.2) is 0 Å². The lowest BCUT2D eigenvalue weighted by molar-refractivity contribution is -0.233. The van der Waals surface area contributed by atoms with E-state index < -0.39 is 0 Å². The standard InChI is InChI=1S/C27H29BrO4/c28-16-24-26(31-18-22-12-6-2-7-13-22)27(32-19-23-14-8-3-9-15-23)25(20-30-24)29-17-21-10-4-1-5-11-21/h1-15,24-27H,16-20H2/t24-,25+,26-,27-/m1/s1. The largest absolute Gasteiger partial charge is 0.372 e. The minimum Gasteiger partial charge on any atom is -0.372 e. The van der Waals surface area contributed by atoms with Crippen LogP contribution >= 0.6 is 15.9 Å². The molecule has 1 heterocycles. The first-order valence-corrected chi connectivity index (χ1v) is 12.1. The Morgan fingerprint density at radius 1 is 0.625 bits per heavy atom. The Bertz CT molecular complexity index is 907. The molecule has 1 aliphatic rings. The van der Waals surface area contributed by atoms with Crippen LogP contribution in [-0.4, -0.2) is 36.4 Å². The van der Waals surface area contributed by atoms with Gasteiger partial charge in [-0.15, -0.1) is 0 Å². The quantitative estimate of drug-likeness (QED) is 0.345. The highest BCUT2D eigenvalue weighted by Crippen LogP contribution is 2.27. The van der Waals surface area contributed by atoms with Gasteiger partial charge in [0.1, 0.15) is 18.3 Å². The molecule has 0 aromatic heterocycles. The zero-order valence-corrected chi connectivity index (χ0v) is 19.6. The normalized spacial score (nSPS) is 23.2. The molecule has 0 amide bonds. The Morgan fingerprint density at radius 2 is 1.06 bits per heavy atom. The van der Waals surface area contributed by atoms with E-state index in [-0.39, 0.29) is 24.4 Å². The Labute approximate surface area is 198 Å². The fourth-order valence-corrected chi connectivity index (χ4v) is 4.38. The van der Waals surface area contributed by atoms with Crippen molar-refractivity contribution in [3.8, 4) is 0 Å². The van der Waals surface area contributed by atoms with E-state index >= 15 is 0 Å². The SMILES string of the molecule is BrC[C@H]1OC[C@H](OCc2ccccc2)[C@@H](OCc2ccccc2)[C@@H]1OCc1ccccc1. The van der Waals surface area contributed by atoms with Crippen molar-refractivity contribution in [1.29, 1.82) is 0 Å². The zero-order chi connectivity index (χ0) is 22.0. The Kier molecular flexibility index (Phi) is 8.88. The molecule has 5 heteroatoms. The van der Waals surface area contributed by atoms with Gasteiger partial charge >= 0.3 is 0 Å². The van der Waals surface area contributed by atoms with Crippen molar-refractivity contribution < 1.29 is 18.9 Å². The maximum atomic E-state index is 6.45. The van der Waals surface area contributed by atoms with Gasteiger partial charge in [-0.3, -0.25) is 0 Å². The maximum Gasteiger partial charge on any atom is 0.115 e. The molecule has 0 radical (unpaired) electrons. The van der Waals surface area contributed by atoms with Gasteiger partial charge < -0.3 is 18.9 Å². The van der Waals surface area contributed by atoms with E-state index in [4.69, 9.17) is 18.9 Å². The average molecular weight is 497 g/mol. The molecule has 1 fully saturated rings. The van der Waals surface area contributed by atoms with Crippen molar-refractivity contribution in [2.24, 2.45) is 0 Å². The third-order valence-corrected chi connectivity index (χ3v) is 6.20. The van der Waals surface area contributed by atoms with E-state index in [0.29, 0.717) is 31.8 Å². The number of rotatable bonds is 10. The first kappa shape index (κ1) is 23.1. The predicted octanol–water partition coefficient (Wildman–Crippen LogP) is 5.54. The van der Waals surface area contributed by atoms with Gasteiger partial charge in [0.2, 0.25) is 0 Å². The second kappa shape index (κ2) is 12.3. The van der Waals surface area contributed by atoms with Gasteiger partial charge in [-0.2, -0.15) is 0 Å². The van der Waals surface area contributed by atoms with Crippen LogP contribution in [0.1, 0.15) is 16.7 Å². The number of hydrogen-bond donors (Lipinski definition) is 0. The van der Waals surface area contributed by atoms with E-state index in [0.717, 1.165) is 16.7 Å². The number of alkyl halides is 1. The Hall–Kier alpha value is -2.02. The summed E-state index contributed by atoms with van der Waals surface area (Å²) in [5, 5.41) is 0.670. The minimum atomic E-state index is -0.257. The lowest BCUT2D eigenvalue weighted by Crippen LogP contribution is -2.56. The van der Waals surface area contributed by atoms with Crippen LogP contribution in [0.25, 0.3) is 0 Å². The summed E-state index contributed by atoms with van der Waals surface area (Å²) in [5.74, 6) is 0. The molecule has 0 unspecified atom stereocenters. The molecule has 32 heavy (non-hydrogen) atoms. The second-order valence-corrected chi connectivity index (χ2v) is 8.53. The van der Waals surface area contributed by atoms with E-state index in [1.165, 1.54) is 0 Å². The number of hydrogen-bond acceptors (Lipinski definition) is 4. The zero-order valence-electron chi connectivity index (χ0n) is 18.0. The first-order chi connectivity index (χ1) is 15.8. The molecule has 1 aliphatic heterocycles. The predicted molar refractivity (Wildman–Crippen MR) is 129 cm³/mol. The molecule has 0 bridgehead atoms. The summed E-state index contributed by atoms with van der Waals surface area (Å²) < 4.78 is 25.3. The third-order valence-electron chi connectivity index (χ3n) is 5.56. The van der Waals surface area contributed by atoms with Gasteiger partial charge in [0.05, 0.1) is 32.5 Å². The van der Waals surface area contributed by atoms with Crippen LogP contribution in [0.15, 0.2) is 91.0 Å². The highest BCUT2D eigenvalue weighted by atomic mass is 79.9. The highest BCUT2D eigenvalue weighted by Gasteiger charge is 2.42. The molecular formula is C27H29BrO4. The summed E-state index contributed by atoms with van der Waals surface area (Å²) >= 11 is 3.60. The number of halogens is 1. The Balaban J connectivity index is 1.49. The van der Waals surface area contributed by atoms with Gasteiger partial charge in [-0.1, -0.05) is 107 Å². The van der Waals surface area contributed by atoms with Crippen LogP contribution in [0.4, 0.5) is 0 Å². The van der Waals surface area contributed by atoms with Crippen molar-refractivity contribution in [3.63, 3.8) is 0 Å². The first-order valence-electron chi connectivity index (χ1n) is 11.0. The average Bonchev–Trinajstić information content (AvgIpc) is 2.87. The summed E-state index contributed by atoms with van der Waals surface area (Å²) in [6.07, 6.45) is -0.849. The highest BCUT2D eigenvalue weighted by molar-refractivity contribution is 9.09. The van der Waals surface area contributed by atoms with Crippen LogP contribution in [-0.2, 0) is 38.8 Å². The van der Waals surface area contributed by atoms with Crippen LogP contribution in [0.3, 0.4) is 0 Å². The molecule has 0 saturated carbocycles. The fourth-order valence-electron chi connectivity index (χ4n) is 3.82. The summed E-state index contributed by atoms with van der Waals surface area (Å²) in [5.41, 5.74) is 3.37. The fraction of sp³-hybridized carbons (Fsp3) is 0.333. The van der Waals surface area contributed by atoms with Crippen molar-refractivity contribution in [1.82, 2.24) is 0 Å². The van der Waals surface area contributed by atoms with Crippen molar-refractivity contribution in [3.05, 3.63) is 108 Å². The van der Waals surface area contributed by atoms with Crippen LogP contribution in [0, 0.1) is 0 Å². The molecule has 0 spiro atoms. The molecular weight excluding hydrogens is 468 g/mol. The maximum absolute atomic E-state index is 6.45. The lowest BCUT2D eigenvalue weighted by Gasteiger charge is -2.41. The molecule has 3 aromatic rings. The monoisotopic (exact) mass is 496 g/mol. The molecule has 4 rings (SSSR count). The van der Waals surface area contributed by atoms with Crippen molar-refractivity contribution in [2.45, 2.75) is 44.2 Å². The van der Waals surface area contributed by atoms with Crippen LogP contribution in [0.2, 0.25) is 0 Å². The molecule has 3 aromatic carbocycles. The Morgan fingerprint density at radius 3 is 1.53 bits per heavy atom. The molecule has 0 N–H and O–H groups in total. The van der Waals surface area contributed by atoms with E-state index in [2.05, 4.69) is 52.3 Å². The van der Waals surface area contributed by atoms with Crippen LogP contribution < -0.4 is 0 Å². The van der Waals surface area contributed by atoms with Gasteiger partial charge in [0.15, 0.2) is 0 Å². The van der Waals surface area contributed by atoms with Gasteiger partial charge in [-0.05, 0) is 16.7 Å². The van der Waals surface area contributed by atoms with Crippen LogP contribution in [0.5, 0.6) is 0 Å². The van der Waals surface area contributed by atoms with E-state index in [1.807, 2.05) is 54.6 Å². The smallest absolute Gasteiger partial charge is 0.115 e. The molecule has 4 nitrogen and oxygen atoms in total. The third kappa shape index (κ3) is 6.50. The molecule has 0 aliphatic carbocycles. The molecule has 1 saturated heterocycles. The van der Waals surface area contributed by atoms with E-state index in [1.54, 1.807) is 0 Å². The van der Waals surface area contributed by atoms with E-state index in [9.17, 15) is 0 Å². The topological polar surface area (TPSA) is 36.9 Å². The lowest BCUT2D eigenvalue weighted by atomic mass is 10.00. The van der Waals surface area contributed by atoms with Crippen molar-refractivity contribution >= 4 is 15.9 Å². The molecule has 4 atom stereocenters. The summed E-state index contributed by atoms with van der Waals surface area (Å²) in [6, 6.07) is 30.6. The summed E-state index contributed by atoms with van der Waals surface area (Å²) in [6.45, 7) is 1.96. The summed E-state index contributed by atoms with van der Waals surface area (Å²) in [4.78, 5) is 0. The van der Waals surface area contributed by atoms with Crippen molar-refractivity contribution in [2.75, 3.05) is 11.9 Å². The number of benzene rings is 3. The van der Waals surface area contributed by atoms with Gasteiger partial charge in [0.25, 0.3) is 0 Å².